The summed E-state index contributed by atoms with van der Waals surface area (Å²) in [4.78, 5) is 4.66. The molecular weight excluding hydrogens is 326 g/mol. The molecule has 1 nitrogen and oxygen atoms in total. The number of rotatable bonds is 5. The molecule has 0 N–H and O–H groups in total. The lowest BCUT2D eigenvalue weighted by Crippen LogP contribution is -1.98. The molecule has 27 heavy (non-hydrogen) atoms. The minimum atomic E-state index is 1.02. The first-order valence-corrected chi connectivity index (χ1v) is 10.4. The highest BCUT2D eigenvalue weighted by Crippen LogP contribution is 2.33. The van der Waals surface area contributed by atoms with Gasteiger partial charge in [0.25, 0.3) is 0 Å². The van der Waals surface area contributed by atoms with Crippen molar-refractivity contribution in [3.8, 4) is 0 Å². The normalized spacial score (nSPS) is 11.4. The first-order chi connectivity index (χ1) is 13.1. The molecule has 0 radical (unpaired) electrons. The van der Waals surface area contributed by atoms with Gasteiger partial charge in [-0.2, -0.15) is 0 Å². The molecule has 1 aliphatic heterocycles. The van der Waals surface area contributed by atoms with Crippen LogP contribution in [0.3, 0.4) is 0 Å². The molecule has 2 aromatic rings. The van der Waals surface area contributed by atoms with E-state index in [1.807, 2.05) is 6.07 Å². The first-order valence-electron chi connectivity index (χ1n) is 10.4. The van der Waals surface area contributed by atoms with Crippen molar-refractivity contribution >= 4 is 17.0 Å². The van der Waals surface area contributed by atoms with E-state index in [0.717, 1.165) is 30.5 Å². The van der Waals surface area contributed by atoms with Crippen molar-refractivity contribution in [1.29, 1.82) is 0 Å². The monoisotopic (exact) mass is 363 g/mol. The number of fused-ring (bicyclic) bond motifs is 1. The molecule has 0 amide bonds. The summed E-state index contributed by atoms with van der Waals surface area (Å²) in [7, 11) is 0. The van der Waals surface area contributed by atoms with Gasteiger partial charge in [0.15, 0.2) is 0 Å². The van der Waals surface area contributed by atoms with Gasteiger partial charge in [-0.3, -0.25) is 4.99 Å². The number of benzene rings is 2. The number of aliphatic imine (C=N–C) groups is 1. The van der Waals surface area contributed by atoms with Gasteiger partial charge in [0.2, 0.25) is 0 Å². The molecular formula is C26H37N. The molecule has 0 atom stereocenters. The van der Waals surface area contributed by atoms with Crippen LogP contribution in [-0.2, 0) is 12.8 Å². The van der Waals surface area contributed by atoms with Gasteiger partial charge in [0.1, 0.15) is 0 Å². The molecule has 0 aromatic heterocycles. The van der Waals surface area contributed by atoms with Crippen LogP contribution in [0, 0.1) is 0 Å². The summed E-state index contributed by atoms with van der Waals surface area (Å²) >= 11 is 0. The van der Waals surface area contributed by atoms with E-state index in [9.17, 15) is 0 Å². The zero-order chi connectivity index (χ0) is 20.1. The van der Waals surface area contributed by atoms with E-state index in [4.69, 9.17) is 0 Å². The maximum Gasteiger partial charge on any atom is 0.0671 e. The van der Waals surface area contributed by atoms with Crippen molar-refractivity contribution in [2.75, 3.05) is 0 Å². The Bertz CT molecular complexity index is 708. The van der Waals surface area contributed by atoms with Crippen LogP contribution in [0.1, 0.15) is 77.0 Å². The molecule has 0 unspecified atom stereocenters. The van der Waals surface area contributed by atoms with E-state index in [-0.39, 0.29) is 0 Å². The lowest BCUT2D eigenvalue weighted by Gasteiger charge is -2.06. The Morgan fingerprint density at radius 3 is 2.04 bits per heavy atom. The Morgan fingerprint density at radius 1 is 0.889 bits per heavy atom. The van der Waals surface area contributed by atoms with Crippen molar-refractivity contribution in [2.24, 2.45) is 4.99 Å². The molecule has 1 aliphatic rings. The third-order valence-electron chi connectivity index (χ3n) is 4.56. The number of aryl methyl sites for hydroxylation is 1. The highest BCUT2D eigenvalue weighted by atomic mass is 14.8. The fourth-order valence-electron chi connectivity index (χ4n) is 2.83. The SMILES string of the molecule is C=C(C)c1cccc2c1CC(CCC)=N2.CCCC.CCc1ccccc1. The number of nitrogens with zero attached hydrogens (tertiary/aromatic N) is 1. The van der Waals surface area contributed by atoms with Gasteiger partial charge in [-0.05, 0) is 42.5 Å². The van der Waals surface area contributed by atoms with Crippen LogP contribution >= 0.6 is 0 Å². The molecule has 0 fully saturated rings. The molecule has 3 rings (SSSR count). The summed E-state index contributed by atoms with van der Waals surface area (Å²) in [5.41, 5.74) is 7.67. The second kappa shape index (κ2) is 13.1. The Labute approximate surface area is 167 Å². The molecule has 0 saturated carbocycles. The van der Waals surface area contributed by atoms with Crippen LogP contribution in [0.15, 0.2) is 60.1 Å². The Balaban J connectivity index is 0.000000254. The van der Waals surface area contributed by atoms with Gasteiger partial charge >= 0.3 is 0 Å². The van der Waals surface area contributed by atoms with Gasteiger partial charge in [-0.25, -0.2) is 0 Å². The minimum Gasteiger partial charge on any atom is -0.257 e. The van der Waals surface area contributed by atoms with Gasteiger partial charge in [0.05, 0.1) is 5.69 Å². The quantitative estimate of drug-likeness (QED) is 0.507. The predicted molar refractivity (Wildman–Crippen MR) is 123 cm³/mol. The number of allylic oxidation sites excluding steroid dienone is 1. The van der Waals surface area contributed by atoms with Gasteiger partial charge in [-0.1, -0.05) is 102 Å². The zero-order valence-corrected chi connectivity index (χ0v) is 18.0. The zero-order valence-electron chi connectivity index (χ0n) is 18.0. The molecule has 0 saturated heterocycles. The smallest absolute Gasteiger partial charge is 0.0671 e. The summed E-state index contributed by atoms with van der Waals surface area (Å²) in [6.07, 6.45) is 7.09. The van der Waals surface area contributed by atoms with Crippen LogP contribution in [0.25, 0.3) is 5.57 Å². The third kappa shape index (κ3) is 7.95. The summed E-state index contributed by atoms with van der Waals surface area (Å²) in [6, 6.07) is 16.8. The summed E-state index contributed by atoms with van der Waals surface area (Å²) in [5.74, 6) is 0. The summed E-state index contributed by atoms with van der Waals surface area (Å²) in [5, 5.41) is 0. The predicted octanol–water partition coefficient (Wildman–Crippen LogP) is 8.20. The first kappa shape index (κ1) is 22.9. The minimum absolute atomic E-state index is 1.02. The Kier molecular flexibility index (Phi) is 11.1. The van der Waals surface area contributed by atoms with Gasteiger partial charge < -0.3 is 0 Å². The number of unbranched alkanes of at least 4 members (excludes halogenated alkanes) is 1. The van der Waals surface area contributed by atoms with Crippen molar-refractivity contribution in [2.45, 2.75) is 73.1 Å². The lowest BCUT2D eigenvalue weighted by molar-refractivity contribution is 0.886. The highest BCUT2D eigenvalue weighted by molar-refractivity contribution is 5.95. The fourth-order valence-corrected chi connectivity index (χ4v) is 2.83. The van der Waals surface area contributed by atoms with Gasteiger partial charge in [-0.15, -0.1) is 0 Å². The van der Waals surface area contributed by atoms with E-state index in [1.165, 1.54) is 41.7 Å². The summed E-state index contributed by atoms with van der Waals surface area (Å²) < 4.78 is 0. The molecule has 0 bridgehead atoms. The molecule has 146 valence electrons. The second-order valence-corrected chi connectivity index (χ2v) is 7.03. The molecule has 1 heterocycles. The van der Waals surface area contributed by atoms with Crippen LogP contribution < -0.4 is 0 Å². The average molecular weight is 364 g/mol. The molecule has 0 spiro atoms. The largest absolute Gasteiger partial charge is 0.257 e. The summed E-state index contributed by atoms with van der Waals surface area (Å²) in [6.45, 7) is 14.8. The maximum absolute atomic E-state index is 4.66. The van der Waals surface area contributed by atoms with Crippen molar-refractivity contribution in [3.05, 3.63) is 71.8 Å². The fraction of sp³-hybridized carbons (Fsp3) is 0.423. The lowest BCUT2D eigenvalue weighted by atomic mass is 9.97. The van der Waals surface area contributed by atoms with E-state index in [1.54, 1.807) is 0 Å². The topological polar surface area (TPSA) is 12.4 Å². The van der Waals surface area contributed by atoms with Crippen LogP contribution in [0.2, 0.25) is 0 Å². The van der Waals surface area contributed by atoms with Crippen molar-refractivity contribution < 1.29 is 0 Å². The van der Waals surface area contributed by atoms with Gasteiger partial charge in [0, 0.05) is 12.1 Å². The van der Waals surface area contributed by atoms with E-state index >= 15 is 0 Å². The number of hydrogen-bond acceptors (Lipinski definition) is 1. The van der Waals surface area contributed by atoms with Crippen LogP contribution in [-0.4, -0.2) is 5.71 Å². The standard InChI is InChI=1S/C14H17N.C8H10.C4H10/c1-4-6-11-9-13-12(10(2)3)7-5-8-14(13)15-11;1-2-8-6-4-3-5-7-8;1-3-4-2/h5,7-8H,2,4,6,9H2,1,3H3;3-7H,2H2,1H3;3-4H2,1-2H3. The number of hydrogen-bond donors (Lipinski definition) is 0. The highest BCUT2D eigenvalue weighted by Gasteiger charge is 2.16. The van der Waals surface area contributed by atoms with Crippen LogP contribution in [0.5, 0.6) is 0 Å². The molecule has 2 aromatic carbocycles. The second-order valence-electron chi connectivity index (χ2n) is 7.03. The Hall–Kier alpha value is -2.15. The third-order valence-corrected chi connectivity index (χ3v) is 4.56. The van der Waals surface area contributed by atoms with E-state index < -0.39 is 0 Å². The van der Waals surface area contributed by atoms with Crippen molar-refractivity contribution in [1.82, 2.24) is 0 Å². The van der Waals surface area contributed by atoms with Crippen molar-refractivity contribution in [3.63, 3.8) is 0 Å². The molecule has 1 heteroatoms. The molecule has 0 aliphatic carbocycles. The Morgan fingerprint density at radius 2 is 1.56 bits per heavy atom. The van der Waals surface area contributed by atoms with E-state index in [2.05, 4.69) is 88.7 Å². The average Bonchev–Trinajstić information content (AvgIpc) is 3.12. The maximum atomic E-state index is 4.66. The van der Waals surface area contributed by atoms with Crippen LogP contribution in [0.4, 0.5) is 5.69 Å². The van der Waals surface area contributed by atoms with E-state index in [0.29, 0.717) is 0 Å².